The zero-order valence-corrected chi connectivity index (χ0v) is 25.0. The molecule has 0 radical (unpaired) electrons. The summed E-state index contributed by atoms with van der Waals surface area (Å²) in [6.45, 7) is 2.25. The molecule has 0 saturated heterocycles. The highest BCUT2D eigenvalue weighted by Gasteiger charge is 2.43. The molecule has 0 amide bonds. The lowest BCUT2D eigenvalue weighted by Crippen LogP contribution is -2.44. The average Bonchev–Trinajstić information content (AvgIpc) is 2.86. The van der Waals surface area contributed by atoms with E-state index in [2.05, 4.69) is 6.92 Å². The third-order valence-electron chi connectivity index (χ3n) is 6.89. The van der Waals surface area contributed by atoms with Gasteiger partial charge in [-0.1, -0.05) is 13.3 Å². The van der Waals surface area contributed by atoms with Crippen molar-refractivity contribution in [2.45, 2.75) is 63.6 Å². The highest BCUT2D eigenvalue weighted by molar-refractivity contribution is 6.61. The smallest absolute Gasteiger partial charge is 0.377 e. The van der Waals surface area contributed by atoms with Crippen LogP contribution in [0.2, 0.25) is 18.1 Å². The van der Waals surface area contributed by atoms with Gasteiger partial charge in [0.25, 0.3) is 0 Å². The molecule has 0 heterocycles. The Morgan fingerprint density at radius 3 is 0.969 bits per heavy atom. The van der Waals surface area contributed by atoms with Crippen LogP contribution in [0.1, 0.15) is 45.4 Å². The maximum absolute atomic E-state index is 5.69. The second-order valence-corrected chi connectivity index (χ2v) is 17.2. The molecule has 0 atom stereocenters. The van der Waals surface area contributed by atoms with E-state index in [1.165, 1.54) is 0 Å². The molecule has 32 heavy (non-hydrogen) atoms. The predicted molar refractivity (Wildman–Crippen MR) is 131 cm³/mol. The zero-order valence-electron chi connectivity index (χ0n) is 22.0. The van der Waals surface area contributed by atoms with Gasteiger partial charge in [0.2, 0.25) is 0 Å². The molecule has 0 aliphatic rings. The van der Waals surface area contributed by atoms with Crippen molar-refractivity contribution in [1.29, 1.82) is 0 Å². The molecule has 0 aliphatic heterocycles. The van der Waals surface area contributed by atoms with Crippen LogP contribution in [0, 0.1) is 5.41 Å². The molecule has 0 aromatic rings. The van der Waals surface area contributed by atoms with Crippen LogP contribution in [0.15, 0.2) is 0 Å². The van der Waals surface area contributed by atoms with Gasteiger partial charge >= 0.3 is 26.4 Å². The minimum atomic E-state index is -2.67. The Morgan fingerprint density at radius 2 is 0.719 bits per heavy atom. The molecule has 0 N–H and O–H groups in total. The number of hydrogen-bond donors (Lipinski definition) is 0. The molecule has 12 heteroatoms. The highest BCUT2D eigenvalue weighted by atomic mass is 28.4. The molecular weight excluding hydrogens is 468 g/mol. The average molecular weight is 517 g/mol. The molecule has 0 aromatic heterocycles. The molecule has 9 nitrogen and oxygen atoms in total. The van der Waals surface area contributed by atoms with Crippen LogP contribution in [-0.2, 0) is 39.8 Å². The van der Waals surface area contributed by atoms with Crippen molar-refractivity contribution in [3.63, 3.8) is 0 Å². The van der Waals surface area contributed by atoms with Gasteiger partial charge in [0.15, 0.2) is 0 Å². The van der Waals surface area contributed by atoms with E-state index < -0.39 is 26.4 Å². The zero-order chi connectivity index (χ0) is 24.7. The lowest BCUT2D eigenvalue weighted by Gasteiger charge is -2.37. The molecule has 0 fully saturated rings. The second-order valence-electron chi connectivity index (χ2n) is 7.95. The van der Waals surface area contributed by atoms with Gasteiger partial charge in [0, 0.05) is 82.1 Å². The first-order chi connectivity index (χ1) is 15.2. The van der Waals surface area contributed by atoms with Gasteiger partial charge in [-0.25, -0.2) is 0 Å². The monoisotopic (exact) mass is 516 g/mol. The van der Waals surface area contributed by atoms with Crippen molar-refractivity contribution < 1.29 is 39.8 Å². The van der Waals surface area contributed by atoms with Gasteiger partial charge in [-0.15, -0.1) is 0 Å². The fourth-order valence-electron chi connectivity index (χ4n) is 4.35. The SMILES string of the molecule is CCC(CCC[Si](OC)(OC)OC)(CCC[Si](OC)(OC)OC)CC[Si](OC)(OC)OC. The van der Waals surface area contributed by atoms with Crippen molar-refractivity contribution in [3.8, 4) is 0 Å². The van der Waals surface area contributed by atoms with Gasteiger partial charge in [0.05, 0.1) is 0 Å². The third kappa shape index (κ3) is 9.15. The Morgan fingerprint density at radius 1 is 0.438 bits per heavy atom. The second kappa shape index (κ2) is 16.1. The Hall–Kier alpha value is 0.291. The van der Waals surface area contributed by atoms with E-state index in [4.69, 9.17) is 39.8 Å². The van der Waals surface area contributed by atoms with Crippen LogP contribution in [0.5, 0.6) is 0 Å². The number of hydrogen-bond acceptors (Lipinski definition) is 9. The summed E-state index contributed by atoms with van der Waals surface area (Å²) in [5, 5.41) is 0. The minimum Gasteiger partial charge on any atom is -0.377 e. The summed E-state index contributed by atoms with van der Waals surface area (Å²) in [5.74, 6) is 0. The summed E-state index contributed by atoms with van der Waals surface area (Å²) in [7, 11) is 7.07. The van der Waals surface area contributed by atoms with Crippen molar-refractivity contribution >= 4 is 26.4 Å². The van der Waals surface area contributed by atoms with Crippen molar-refractivity contribution in [2.24, 2.45) is 5.41 Å². The van der Waals surface area contributed by atoms with Gasteiger partial charge in [-0.2, -0.15) is 0 Å². The van der Waals surface area contributed by atoms with Crippen molar-refractivity contribution in [3.05, 3.63) is 0 Å². The summed E-state index contributed by atoms with van der Waals surface area (Å²) in [4.78, 5) is 0. The molecule has 0 saturated carbocycles. The molecule has 0 aliphatic carbocycles. The van der Waals surface area contributed by atoms with Gasteiger partial charge in [-0.3, -0.25) is 0 Å². The molecular formula is C20H48O9Si3. The molecule has 0 aromatic carbocycles. The van der Waals surface area contributed by atoms with Crippen LogP contribution in [0.25, 0.3) is 0 Å². The maximum atomic E-state index is 5.69. The van der Waals surface area contributed by atoms with E-state index in [1.807, 2.05) is 0 Å². The predicted octanol–water partition coefficient (Wildman–Crippen LogP) is 3.97. The van der Waals surface area contributed by atoms with E-state index in [-0.39, 0.29) is 5.41 Å². The van der Waals surface area contributed by atoms with E-state index in [0.717, 1.165) is 56.7 Å². The summed E-state index contributed by atoms with van der Waals surface area (Å²) in [6.07, 6.45) is 5.87. The standard InChI is InChI=1S/C20H48O9Si3/c1-11-20(16-19-32(27-8,28-9)29-10,14-12-17-30(21-2,22-3)23-4)15-13-18-31(24-5,25-6)26-7/h11-19H2,1-10H3. The first-order valence-corrected chi connectivity index (χ1v) is 17.0. The van der Waals surface area contributed by atoms with E-state index in [1.54, 1.807) is 64.0 Å². The minimum absolute atomic E-state index is 0.0819. The Kier molecular flexibility index (Phi) is 16.2. The Balaban J connectivity index is 5.47. The lowest BCUT2D eigenvalue weighted by atomic mass is 9.75. The topological polar surface area (TPSA) is 83.1 Å². The van der Waals surface area contributed by atoms with Crippen LogP contribution < -0.4 is 0 Å². The summed E-state index contributed by atoms with van der Waals surface area (Å²) >= 11 is 0. The molecule has 0 spiro atoms. The highest BCUT2D eigenvalue weighted by Crippen LogP contribution is 2.42. The maximum Gasteiger partial charge on any atom is 0.500 e. The van der Waals surface area contributed by atoms with Crippen LogP contribution >= 0.6 is 0 Å². The van der Waals surface area contributed by atoms with Crippen molar-refractivity contribution in [2.75, 3.05) is 64.0 Å². The number of rotatable bonds is 21. The van der Waals surface area contributed by atoms with Crippen LogP contribution in [0.3, 0.4) is 0 Å². The van der Waals surface area contributed by atoms with E-state index in [0.29, 0.717) is 0 Å². The molecule has 194 valence electrons. The third-order valence-corrected chi connectivity index (χ3v) is 15.3. The largest absolute Gasteiger partial charge is 0.500 e. The van der Waals surface area contributed by atoms with Gasteiger partial charge in [-0.05, 0) is 37.5 Å². The van der Waals surface area contributed by atoms with Gasteiger partial charge < -0.3 is 39.8 Å². The molecule has 0 bridgehead atoms. The first kappa shape index (κ1) is 32.3. The Labute approximate surface area is 199 Å². The Bertz CT molecular complexity index is 422. The summed E-state index contributed by atoms with van der Waals surface area (Å²) in [6, 6.07) is 2.30. The van der Waals surface area contributed by atoms with Crippen molar-refractivity contribution in [1.82, 2.24) is 0 Å². The normalized spacial score (nSPS) is 13.7. The first-order valence-electron chi connectivity index (χ1n) is 11.2. The summed E-state index contributed by atoms with van der Waals surface area (Å²) in [5.41, 5.74) is 0.0819. The molecule has 0 unspecified atom stereocenters. The molecule has 0 rings (SSSR count). The van der Waals surface area contributed by atoms with E-state index in [9.17, 15) is 0 Å². The van der Waals surface area contributed by atoms with Crippen LogP contribution in [0.4, 0.5) is 0 Å². The van der Waals surface area contributed by atoms with E-state index >= 15 is 0 Å². The van der Waals surface area contributed by atoms with Crippen LogP contribution in [-0.4, -0.2) is 90.4 Å². The van der Waals surface area contributed by atoms with Gasteiger partial charge in [0.1, 0.15) is 0 Å². The lowest BCUT2D eigenvalue weighted by molar-refractivity contribution is 0.105. The quantitative estimate of drug-likeness (QED) is 0.210. The fraction of sp³-hybridized carbons (Fsp3) is 1.00. The fourth-order valence-corrected chi connectivity index (χ4v) is 9.75. The summed E-state index contributed by atoms with van der Waals surface area (Å²) < 4.78 is 50.8.